The molecule has 0 saturated heterocycles. The largest absolute Gasteiger partial charge is 0.192 e. The van der Waals surface area contributed by atoms with Gasteiger partial charge >= 0.3 is 0 Å². The number of nitriles is 2. The van der Waals surface area contributed by atoms with Crippen LogP contribution in [-0.4, -0.2) is 34.5 Å². The molecule has 2 nitrogen and oxygen atoms in total. The molecule has 0 radical (unpaired) electrons. The average Bonchev–Trinajstić information content (AvgIpc) is 2.38. The number of rotatable bonds is 0. The van der Waals surface area contributed by atoms with E-state index >= 15 is 0 Å². The van der Waals surface area contributed by atoms with Crippen molar-refractivity contribution in [1.82, 2.24) is 0 Å². The van der Waals surface area contributed by atoms with Gasteiger partial charge in [0.25, 0.3) is 0 Å². The molecule has 0 amide bonds. The van der Waals surface area contributed by atoms with Gasteiger partial charge in [-0.3, -0.25) is 0 Å². The lowest BCUT2D eigenvalue weighted by molar-refractivity contribution is 1.12. The predicted molar refractivity (Wildman–Crippen MR) is 82.4 cm³/mol. The highest BCUT2D eigenvalue weighted by molar-refractivity contribution is 8.08. The van der Waals surface area contributed by atoms with Crippen LogP contribution in [0.15, 0.2) is 9.81 Å². The van der Waals surface area contributed by atoms with Gasteiger partial charge in [0.15, 0.2) is 0 Å². The maximum absolute atomic E-state index is 9.05. The molecule has 0 aliphatic carbocycles. The van der Waals surface area contributed by atoms with Crippen molar-refractivity contribution < 1.29 is 0 Å². The Balaban J connectivity index is 2.60. The summed E-state index contributed by atoms with van der Waals surface area (Å²) in [6, 6.07) is 4.31. The summed E-state index contributed by atoms with van der Waals surface area (Å²) < 4.78 is 0. The highest BCUT2D eigenvalue weighted by Crippen LogP contribution is 2.28. The second kappa shape index (κ2) is 10.1. The Morgan fingerprint density at radius 1 is 0.706 bits per heavy atom. The van der Waals surface area contributed by atoms with E-state index in [4.69, 9.17) is 10.5 Å². The first kappa shape index (κ1) is 15.2. The van der Waals surface area contributed by atoms with E-state index in [0.29, 0.717) is 9.81 Å². The first-order chi connectivity index (χ1) is 8.38. The molecule has 0 spiro atoms. The normalized spacial score (nSPS) is 24.6. The highest BCUT2D eigenvalue weighted by Gasteiger charge is 2.08. The van der Waals surface area contributed by atoms with Crippen molar-refractivity contribution in [3.05, 3.63) is 9.81 Å². The van der Waals surface area contributed by atoms with E-state index in [1.165, 1.54) is 41.5 Å². The Morgan fingerprint density at radius 2 is 1.18 bits per heavy atom. The summed E-state index contributed by atoms with van der Waals surface area (Å²) in [6.45, 7) is 0. The quantitative estimate of drug-likeness (QED) is 0.681. The van der Waals surface area contributed by atoms with Crippen molar-refractivity contribution in [3.8, 4) is 12.1 Å². The number of hydrogen-bond acceptors (Lipinski definition) is 6. The van der Waals surface area contributed by atoms with Crippen LogP contribution < -0.4 is 0 Å². The van der Waals surface area contributed by atoms with E-state index in [9.17, 15) is 0 Å². The van der Waals surface area contributed by atoms with Crippen molar-refractivity contribution in [2.45, 2.75) is 6.42 Å². The van der Waals surface area contributed by atoms with E-state index in [1.54, 1.807) is 0 Å². The third kappa shape index (κ3) is 6.57. The lowest BCUT2D eigenvalue weighted by atomic mass is 10.5. The van der Waals surface area contributed by atoms with Crippen LogP contribution in [0.3, 0.4) is 0 Å². The average molecular weight is 303 g/mol. The van der Waals surface area contributed by atoms with Gasteiger partial charge < -0.3 is 0 Å². The molecule has 0 N–H and O–H groups in total. The van der Waals surface area contributed by atoms with Crippen molar-refractivity contribution in [2.24, 2.45) is 0 Å². The minimum absolute atomic E-state index is 0.599. The summed E-state index contributed by atoms with van der Waals surface area (Å²) in [4.78, 5) is 1.20. The van der Waals surface area contributed by atoms with Gasteiger partial charge in [-0.25, -0.2) is 0 Å². The second-order valence-corrected chi connectivity index (χ2v) is 7.82. The molecule has 0 aromatic carbocycles. The zero-order valence-corrected chi connectivity index (χ0v) is 12.7. The lowest BCUT2D eigenvalue weighted by Gasteiger charge is -2.02. The molecule has 1 aliphatic rings. The highest BCUT2D eigenvalue weighted by atomic mass is 32.2. The number of hydrogen-bond donors (Lipinski definition) is 0. The molecule has 92 valence electrons. The smallest absolute Gasteiger partial charge is 0.109 e. The Labute approximate surface area is 120 Å². The van der Waals surface area contributed by atoms with Crippen molar-refractivity contribution in [1.29, 1.82) is 10.5 Å². The Hall–Kier alpha value is 0.120. The first-order valence-corrected chi connectivity index (χ1v) is 9.62. The van der Waals surface area contributed by atoms with Crippen LogP contribution >= 0.6 is 47.0 Å². The summed E-state index contributed by atoms with van der Waals surface area (Å²) in [5, 5.41) is 18.1. The molecule has 0 saturated carbocycles. The molecule has 0 aromatic heterocycles. The second-order valence-electron chi connectivity index (χ2n) is 3.16. The fourth-order valence-corrected chi connectivity index (χ4v) is 5.31. The number of allylic oxidation sites excluding steroid dienone is 2. The summed E-state index contributed by atoms with van der Waals surface area (Å²) in [6.07, 6.45) is 1.26. The zero-order chi connectivity index (χ0) is 12.3. The molecule has 0 bridgehead atoms. The van der Waals surface area contributed by atoms with Gasteiger partial charge in [0.1, 0.15) is 21.9 Å². The Kier molecular flexibility index (Phi) is 9.00. The van der Waals surface area contributed by atoms with Crippen LogP contribution in [0.2, 0.25) is 0 Å². The fraction of sp³-hybridized carbons (Fsp3) is 0.636. The van der Waals surface area contributed by atoms with Gasteiger partial charge in [0, 0.05) is 23.0 Å². The first-order valence-electron chi connectivity index (χ1n) is 5.34. The predicted octanol–water partition coefficient (Wildman–Crippen LogP) is 3.58. The SMILES string of the molecule is N#C/C1=C(\C#N)SCCSCCCSCCS1. The maximum Gasteiger partial charge on any atom is 0.109 e. The summed E-state index contributed by atoms with van der Waals surface area (Å²) in [5.41, 5.74) is 0. The maximum atomic E-state index is 9.05. The van der Waals surface area contributed by atoms with E-state index in [2.05, 4.69) is 12.1 Å². The third-order valence-electron chi connectivity index (χ3n) is 1.93. The van der Waals surface area contributed by atoms with Crippen LogP contribution in [0, 0.1) is 22.7 Å². The standard InChI is InChI=1S/C11H14N2S4/c12-8-10-11(9-13)17-7-5-15-3-1-2-14-4-6-16-10/h1-7H2/b11-10-. The number of nitrogens with zero attached hydrogens (tertiary/aromatic N) is 2. The summed E-state index contributed by atoms with van der Waals surface area (Å²) >= 11 is 6.93. The minimum atomic E-state index is 0.599. The molecule has 0 fully saturated rings. The molecule has 0 aromatic rings. The molecule has 1 rings (SSSR count). The Bertz CT molecular complexity index is 308. The van der Waals surface area contributed by atoms with E-state index in [1.807, 2.05) is 23.5 Å². The van der Waals surface area contributed by atoms with Crippen LogP contribution in [0.5, 0.6) is 0 Å². The van der Waals surface area contributed by atoms with Gasteiger partial charge in [-0.2, -0.15) is 34.0 Å². The monoisotopic (exact) mass is 302 g/mol. The number of thioether (sulfide) groups is 4. The summed E-state index contributed by atoms with van der Waals surface area (Å²) in [7, 11) is 0. The van der Waals surface area contributed by atoms with Gasteiger partial charge in [-0.15, -0.1) is 23.5 Å². The topological polar surface area (TPSA) is 47.6 Å². The van der Waals surface area contributed by atoms with Crippen LogP contribution in [0.1, 0.15) is 6.42 Å². The van der Waals surface area contributed by atoms with Crippen LogP contribution in [0.25, 0.3) is 0 Å². The van der Waals surface area contributed by atoms with Crippen molar-refractivity contribution in [3.63, 3.8) is 0 Å². The molecule has 1 aliphatic heterocycles. The van der Waals surface area contributed by atoms with Gasteiger partial charge in [0.05, 0.1) is 0 Å². The molecule has 17 heavy (non-hydrogen) atoms. The molecular formula is C11H14N2S4. The molecule has 0 unspecified atom stereocenters. The fourth-order valence-electron chi connectivity index (χ4n) is 1.17. The zero-order valence-electron chi connectivity index (χ0n) is 9.48. The Morgan fingerprint density at radius 3 is 1.59 bits per heavy atom. The molecule has 1 heterocycles. The summed E-state index contributed by atoms with van der Waals surface area (Å²) in [5.74, 6) is 6.38. The van der Waals surface area contributed by atoms with Crippen LogP contribution in [-0.2, 0) is 0 Å². The van der Waals surface area contributed by atoms with E-state index in [0.717, 1.165) is 23.0 Å². The molecular weight excluding hydrogens is 288 g/mol. The van der Waals surface area contributed by atoms with Crippen molar-refractivity contribution >= 4 is 47.0 Å². The lowest BCUT2D eigenvalue weighted by Crippen LogP contribution is -1.90. The molecule has 6 heteroatoms. The minimum Gasteiger partial charge on any atom is -0.192 e. The van der Waals surface area contributed by atoms with Crippen LogP contribution in [0.4, 0.5) is 0 Å². The van der Waals surface area contributed by atoms with E-state index < -0.39 is 0 Å². The van der Waals surface area contributed by atoms with Gasteiger partial charge in [-0.1, -0.05) is 0 Å². The van der Waals surface area contributed by atoms with Crippen molar-refractivity contribution in [2.75, 3.05) is 34.5 Å². The van der Waals surface area contributed by atoms with E-state index in [-0.39, 0.29) is 0 Å². The van der Waals surface area contributed by atoms with Gasteiger partial charge in [-0.05, 0) is 17.9 Å². The third-order valence-corrected chi connectivity index (χ3v) is 6.71. The molecule has 0 atom stereocenters. The van der Waals surface area contributed by atoms with Gasteiger partial charge in [0.2, 0.25) is 0 Å².